The Morgan fingerprint density at radius 3 is 2.64 bits per heavy atom. The van der Waals surface area contributed by atoms with E-state index in [1.807, 2.05) is 0 Å². The number of hydrogen-bond donors (Lipinski definition) is 1. The largest absolute Gasteiger partial charge is 0.390 e. The summed E-state index contributed by atoms with van der Waals surface area (Å²) in [5, 5.41) is 0. The third kappa shape index (κ3) is 3.75. The summed E-state index contributed by atoms with van der Waals surface area (Å²) in [5.41, 5.74) is 5.17. The molecule has 0 fully saturated rings. The predicted molar refractivity (Wildman–Crippen MR) is 50.1 cm³/mol. The normalized spacial score (nSPS) is 15.7. The average Bonchev–Trinajstić information content (AvgIpc) is 2.00. The van der Waals surface area contributed by atoms with E-state index >= 15 is 0 Å². The van der Waals surface area contributed by atoms with Crippen LogP contribution in [-0.2, 0) is 0 Å². The van der Waals surface area contributed by atoms with Crippen LogP contribution < -0.4 is 5.73 Å². The zero-order valence-corrected chi connectivity index (χ0v) is 7.54. The molecule has 0 rings (SSSR count). The van der Waals surface area contributed by atoms with Gasteiger partial charge in [0.05, 0.1) is 6.34 Å². The highest BCUT2D eigenvalue weighted by Crippen LogP contribution is 2.07. The minimum Gasteiger partial charge on any atom is -0.390 e. The third-order valence-electron chi connectivity index (χ3n) is 1.60. The zero-order chi connectivity index (χ0) is 8.69. The summed E-state index contributed by atoms with van der Waals surface area (Å²) in [7, 11) is 1.74. The molecular weight excluding hydrogens is 138 g/mol. The predicted octanol–water partition coefficient (Wildman–Crippen LogP) is 1.44. The van der Waals surface area contributed by atoms with Crippen LogP contribution in [0.25, 0.3) is 0 Å². The Hall–Kier alpha value is -0.860. The molecular formula is C8H17N3. The van der Waals surface area contributed by atoms with Crippen molar-refractivity contribution in [1.29, 1.82) is 0 Å². The summed E-state index contributed by atoms with van der Waals surface area (Å²) in [6, 6.07) is 0. The highest BCUT2D eigenvalue weighted by molar-refractivity contribution is 5.90. The van der Waals surface area contributed by atoms with Gasteiger partial charge in [0, 0.05) is 13.0 Å². The molecule has 1 atom stereocenters. The molecule has 0 aromatic heterocycles. The van der Waals surface area contributed by atoms with Gasteiger partial charge in [-0.15, -0.1) is 0 Å². The monoisotopic (exact) mass is 155 g/mol. The van der Waals surface area contributed by atoms with Crippen molar-refractivity contribution < 1.29 is 0 Å². The van der Waals surface area contributed by atoms with Gasteiger partial charge in [-0.05, 0) is 6.42 Å². The molecule has 0 aromatic rings. The second-order valence-electron chi connectivity index (χ2n) is 2.55. The van der Waals surface area contributed by atoms with Gasteiger partial charge in [-0.1, -0.05) is 20.3 Å². The Morgan fingerprint density at radius 2 is 2.27 bits per heavy atom. The van der Waals surface area contributed by atoms with Gasteiger partial charge in [0.2, 0.25) is 0 Å². The van der Waals surface area contributed by atoms with E-state index in [0.717, 1.165) is 18.7 Å². The van der Waals surface area contributed by atoms with Crippen molar-refractivity contribution in [2.45, 2.75) is 26.7 Å². The summed E-state index contributed by atoms with van der Waals surface area (Å²) >= 11 is 0. The quantitative estimate of drug-likeness (QED) is 0.486. The first-order chi connectivity index (χ1) is 5.26. The standard InChI is InChI=1S/C8H17N3/c1-4-5-7(2)8(10-3)11-6-9/h6-7H,4-5H2,1-3H3,(H2,9,10,11). The molecule has 0 saturated carbocycles. The van der Waals surface area contributed by atoms with E-state index in [4.69, 9.17) is 5.73 Å². The number of aliphatic imine (C=N–C) groups is 2. The second-order valence-corrected chi connectivity index (χ2v) is 2.55. The number of nitrogens with zero attached hydrogens (tertiary/aromatic N) is 2. The fourth-order valence-electron chi connectivity index (χ4n) is 1.04. The lowest BCUT2D eigenvalue weighted by atomic mass is 10.1. The van der Waals surface area contributed by atoms with E-state index in [9.17, 15) is 0 Å². The van der Waals surface area contributed by atoms with Crippen molar-refractivity contribution >= 4 is 12.2 Å². The molecule has 1 unspecified atom stereocenters. The van der Waals surface area contributed by atoms with Crippen molar-refractivity contribution in [3.63, 3.8) is 0 Å². The zero-order valence-electron chi connectivity index (χ0n) is 7.54. The van der Waals surface area contributed by atoms with Crippen LogP contribution in [0.2, 0.25) is 0 Å². The maximum Gasteiger partial charge on any atom is 0.127 e. The Labute approximate surface area is 68.4 Å². The molecule has 0 saturated heterocycles. The first-order valence-corrected chi connectivity index (χ1v) is 3.97. The summed E-state index contributed by atoms with van der Waals surface area (Å²) < 4.78 is 0. The average molecular weight is 155 g/mol. The molecule has 64 valence electrons. The van der Waals surface area contributed by atoms with E-state index in [-0.39, 0.29) is 0 Å². The minimum atomic E-state index is 0.421. The second kappa shape index (κ2) is 5.89. The molecule has 0 heterocycles. The van der Waals surface area contributed by atoms with Gasteiger partial charge in [0.15, 0.2) is 0 Å². The number of amidine groups is 1. The fraction of sp³-hybridized carbons (Fsp3) is 0.750. The molecule has 0 aliphatic rings. The highest BCUT2D eigenvalue weighted by Gasteiger charge is 2.05. The Bertz CT molecular complexity index is 149. The summed E-state index contributed by atoms with van der Waals surface area (Å²) in [5.74, 6) is 1.26. The lowest BCUT2D eigenvalue weighted by molar-refractivity contribution is 0.661. The van der Waals surface area contributed by atoms with E-state index < -0.39 is 0 Å². The minimum absolute atomic E-state index is 0.421. The van der Waals surface area contributed by atoms with E-state index in [1.165, 1.54) is 6.34 Å². The Balaban J connectivity index is 4.04. The molecule has 3 heteroatoms. The maximum absolute atomic E-state index is 5.17. The third-order valence-corrected chi connectivity index (χ3v) is 1.60. The van der Waals surface area contributed by atoms with Gasteiger partial charge in [0.25, 0.3) is 0 Å². The molecule has 0 aliphatic carbocycles. The summed E-state index contributed by atoms with van der Waals surface area (Å²) in [6.07, 6.45) is 3.57. The van der Waals surface area contributed by atoms with Crippen LogP contribution in [-0.4, -0.2) is 19.2 Å². The van der Waals surface area contributed by atoms with Crippen molar-refractivity contribution in [2.75, 3.05) is 7.05 Å². The van der Waals surface area contributed by atoms with E-state index in [2.05, 4.69) is 23.8 Å². The molecule has 0 amide bonds. The molecule has 2 N–H and O–H groups in total. The van der Waals surface area contributed by atoms with Crippen LogP contribution in [0.1, 0.15) is 26.7 Å². The lowest BCUT2D eigenvalue weighted by Gasteiger charge is -2.07. The first-order valence-electron chi connectivity index (χ1n) is 3.97. The maximum atomic E-state index is 5.17. The molecule has 3 nitrogen and oxygen atoms in total. The van der Waals surface area contributed by atoms with Crippen molar-refractivity contribution in [1.82, 2.24) is 0 Å². The fourth-order valence-corrected chi connectivity index (χ4v) is 1.04. The van der Waals surface area contributed by atoms with Crippen molar-refractivity contribution in [3.8, 4) is 0 Å². The van der Waals surface area contributed by atoms with Crippen LogP contribution in [0.3, 0.4) is 0 Å². The van der Waals surface area contributed by atoms with E-state index in [0.29, 0.717) is 5.92 Å². The molecule has 0 spiro atoms. The highest BCUT2D eigenvalue weighted by atomic mass is 14.9. The van der Waals surface area contributed by atoms with Gasteiger partial charge in [-0.25, -0.2) is 4.99 Å². The first kappa shape index (κ1) is 10.1. The van der Waals surface area contributed by atoms with Crippen LogP contribution in [0.5, 0.6) is 0 Å². The molecule has 0 radical (unpaired) electrons. The van der Waals surface area contributed by atoms with E-state index in [1.54, 1.807) is 7.05 Å². The SMILES string of the molecule is CCCC(C)C(N=CN)=NC. The number of nitrogens with two attached hydrogens (primary N) is 1. The van der Waals surface area contributed by atoms with Gasteiger partial charge in [-0.3, -0.25) is 4.99 Å². The molecule has 0 bridgehead atoms. The van der Waals surface area contributed by atoms with Crippen LogP contribution in [0, 0.1) is 5.92 Å². The molecule has 11 heavy (non-hydrogen) atoms. The van der Waals surface area contributed by atoms with Gasteiger partial charge in [0.1, 0.15) is 5.84 Å². The van der Waals surface area contributed by atoms with Gasteiger partial charge in [-0.2, -0.15) is 0 Å². The topological polar surface area (TPSA) is 50.7 Å². The number of hydrogen-bond acceptors (Lipinski definition) is 1. The molecule has 0 aliphatic heterocycles. The van der Waals surface area contributed by atoms with Crippen molar-refractivity contribution in [2.24, 2.45) is 21.6 Å². The summed E-state index contributed by atoms with van der Waals surface area (Å²) in [6.45, 7) is 4.26. The Morgan fingerprint density at radius 1 is 1.64 bits per heavy atom. The van der Waals surface area contributed by atoms with Crippen LogP contribution >= 0.6 is 0 Å². The van der Waals surface area contributed by atoms with Crippen molar-refractivity contribution in [3.05, 3.63) is 0 Å². The van der Waals surface area contributed by atoms with Gasteiger partial charge < -0.3 is 5.73 Å². The Kier molecular flexibility index (Phi) is 5.43. The smallest absolute Gasteiger partial charge is 0.127 e. The number of rotatable bonds is 3. The van der Waals surface area contributed by atoms with Crippen LogP contribution in [0.4, 0.5) is 0 Å². The molecule has 0 aromatic carbocycles. The van der Waals surface area contributed by atoms with Gasteiger partial charge >= 0.3 is 0 Å². The lowest BCUT2D eigenvalue weighted by Crippen LogP contribution is -2.09. The van der Waals surface area contributed by atoms with Crippen LogP contribution in [0.15, 0.2) is 9.98 Å². The summed E-state index contributed by atoms with van der Waals surface area (Å²) in [4.78, 5) is 8.00.